The lowest BCUT2D eigenvalue weighted by Crippen LogP contribution is -2.44. The maximum atomic E-state index is 12.3. The van der Waals surface area contributed by atoms with E-state index < -0.39 is 11.9 Å². The van der Waals surface area contributed by atoms with E-state index in [2.05, 4.69) is 5.32 Å². The number of aliphatic carboxylic acids is 1. The topological polar surface area (TPSA) is 69.6 Å². The zero-order valence-electron chi connectivity index (χ0n) is 11.5. The zero-order valence-corrected chi connectivity index (χ0v) is 13.0. The summed E-state index contributed by atoms with van der Waals surface area (Å²) in [6, 6.07) is 3.05. The highest BCUT2D eigenvalue weighted by Gasteiger charge is 2.28. The number of halogens is 2. The molecule has 21 heavy (non-hydrogen) atoms. The zero-order chi connectivity index (χ0) is 15.6. The second-order valence-corrected chi connectivity index (χ2v) is 5.89. The molecule has 1 heterocycles. The second-order valence-electron chi connectivity index (χ2n) is 5.11. The number of hydrogen-bond acceptors (Lipinski definition) is 2. The van der Waals surface area contributed by atoms with Crippen LogP contribution < -0.4 is 5.32 Å². The highest BCUT2D eigenvalue weighted by atomic mass is 35.5. The average Bonchev–Trinajstić information content (AvgIpc) is 2.47. The molecule has 2 N–H and O–H groups in total. The highest BCUT2D eigenvalue weighted by Crippen LogP contribution is 2.33. The third-order valence-corrected chi connectivity index (χ3v) is 4.38. The molecule has 1 saturated heterocycles. The minimum atomic E-state index is -0.876. The van der Waals surface area contributed by atoms with Crippen LogP contribution in [0.5, 0.6) is 0 Å². The molecule has 2 rings (SSSR count). The second kappa shape index (κ2) is 6.54. The summed E-state index contributed by atoms with van der Waals surface area (Å²) in [5, 5.41) is 12.5. The first-order valence-corrected chi connectivity index (χ1v) is 7.39. The number of nitrogens with one attached hydrogen (secondary N) is 1. The number of rotatable bonds is 2. The lowest BCUT2D eigenvalue weighted by Gasteiger charge is -2.31. The summed E-state index contributed by atoms with van der Waals surface area (Å²) in [6.45, 7) is 2.54. The van der Waals surface area contributed by atoms with Gasteiger partial charge in [0.15, 0.2) is 0 Å². The van der Waals surface area contributed by atoms with E-state index in [1.807, 2.05) is 6.92 Å². The number of carbonyl (C=O) groups excluding carboxylic acids is 1. The molecular weight excluding hydrogens is 315 g/mol. The number of aryl methyl sites for hydroxylation is 1. The van der Waals surface area contributed by atoms with Crippen molar-refractivity contribution in [2.45, 2.75) is 19.8 Å². The smallest absolute Gasteiger partial charge is 0.321 e. The van der Waals surface area contributed by atoms with Gasteiger partial charge in [0.2, 0.25) is 0 Å². The minimum absolute atomic E-state index is 0.197. The SMILES string of the molecule is Cc1ccc(Cl)c(NC(=O)N2CCCC(C(=O)O)C2)c1Cl. The lowest BCUT2D eigenvalue weighted by molar-refractivity contribution is -0.143. The van der Waals surface area contributed by atoms with E-state index >= 15 is 0 Å². The van der Waals surface area contributed by atoms with Gasteiger partial charge in [-0.05, 0) is 31.4 Å². The molecular formula is C14H16Cl2N2O3. The van der Waals surface area contributed by atoms with Crippen LogP contribution >= 0.6 is 23.2 Å². The fourth-order valence-corrected chi connectivity index (χ4v) is 2.79. The quantitative estimate of drug-likeness (QED) is 0.869. The summed E-state index contributed by atoms with van der Waals surface area (Å²) in [5.74, 6) is -1.40. The molecule has 1 fully saturated rings. The summed E-state index contributed by atoms with van der Waals surface area (Å²) in [4.78, 5) is 24.8. The highest BCUT2D eigenvalue weighted by molar-refractivity contribution is 6.40. The molecule has 0 aromatic heterocycles. The Balaban J connectivity index is 2.11. The first-order chi connectivity index (χ1) is 9.90. The summed E-state index contributed by atoms with van der Waals surface area (Å²) < 4.78 is 0. The van der Waals surface area contributed by atoms with Crippen molar-refractivity contribution in [2.75, 3.05) is 18.4 Å². The Morgan fingerprint density at radius 1 is 1.38 bits per heavy atom. The van der Waals surface area contributed by atoms with Gasteiger partial charge in [0.05, 0.1) is 21.7 Å². The average molecular weight is 331 g/mol. The Hall–Kier alpha value is -1.46. The Labute approximate surface area is 132 Å². The minimum Gasteiger partial charge on any atom is -0.481 e. The van der Waals surface area contributed by atoms with Crippen LogP contribution in [-0.4, -0.2) is 35.1 Å². The molecule has 5 nitrogen and oxygen atoms in total. The van der Waals surface area contributed by atoms with E-state index in [4.69, 9.17) is 28.3 Å². The van der Waals surface area contributed by atoms with Crippen molar-refractivity contribution in [3.8, 4) is 0 Å². The molecule has 0 bridgehead atoms. The van der Waals surface area contributed by atoms with Crippen LogP contribution in [0.1, 0.15) is 18.4 Å². The fourth-order valence-electron chi connectivity index (χ4n) is 2.32. The van der Waals surface area contributed by atoms with E-state index in [9.17, 15) is 9.59 Å². The summed E-state index contributed by atoms with van der Waals surface area (Å²) in [7, 11) is 0. The predicted molar refractivity (Wildman–Crippen MR) is 82.2 cm³/mol. The monoisotopic (exact) mass is 330 g/mol. The van der Waals surface area contributed by atoms with Gasteiger partial charge in [0, 0.05) is 13.1 Å². The molecule has 1 aliphatic heterocycles. The van der Waals surface area contributed by atoms with Crippen molar-refractivity contribution in [3.63, 3.8) is 0 Å². The van der Waals surface area contributed by atoms with Gasteiger partial charge in [-0.25, -0.2) is 4.79 Å². The van der Waals surface area contributed by atoms with Gasteiger partial charge >= 0.3 is 12.0 Å². The van der Waals surface area contributed by atoms with Gasteiger partial charge in [-0.3, -0.25) is 4.79 Å². The number of amides is 2. The van der Waals surface area contributed by atoms with Crippen LogP contribution in [-0.2, 0) is 4.79 Å². The van der Waals surface area contributed by atoms with E-state index in [1.165, 1.54) is 4.90 Å². The van der Waals surface area contributed by atoms with Crippen LogP contribution in [0.4, 0.5) is 10.5 Å². The molecule has 2 amide bonds. The number of carboxylic acids is 1. The van der Waals surface area contributed by atoms with Crippen molar-refractivity contribution in [1.29, 1.82) is 0 Å². The maximum Gasteiger partial charge on any atom is 0.321 e. The van der Waals surface area contributed by atoms with Gasteiger partial charge in [-0.2, -0.15) is 0 Å². The summed E-state index contributed by atoms with van der Waals surface area (Å²) >= 11 is 12.2. The molecule has 1 aromatic carbocycles. The molecule has 1 unspecified atom stereocenters. The lowest BCUT2D eigenvalue weighted by atomic mass is 9.99. The van der Waals surface area contributed by atoms with Crippen molar-refractivity contribution in [3.05, 3.63) is 27.7 Å². The Morgan fingerprint density at radius 3 is 2.76 bits per heavy atom. The summed E-state index contributed by atoms with van der Waals surface area (Å²) in [5.41, 5.74) is 1.17. The Kier molecular flexibility index (Phi) is 4.96. The molecule has 7 heteroatoms. The van der Waals surface area contributed by atoms with E-state index in [0.717, 1.165) is 5.56 Å². The van der Waals surface area contributed by atoms with Crippen LogP contribution in [0, 0.1) is 12.8 Å². The first kappa shape index (κ1) is 15.9. The fraction of sp³-hybridized carbons (Fsp3) is 0.429. The number of piperidine rings is 1. The Bertz CT molecular complexity index is 578. The van der Waals surface area contributed by atoms with Crippen LogP contribution in [0.15, 0.2) is 12.1 Å². The van der Waals surface area contributed by atoms with Crippen LogP contribution in [0.2, 0.25) is 10.0 Å². The molecule has 0 saturated carbocycles. The van der Waals surface area contributed by atoms with Crippen molar-refractivity contribution in [2.24, 2.45) is 5.92 Å². The third kappa shape index (κ3) is 3.60. The number of carbonyl (C=O) groups is 2. The van der Waals surface area contributed by atoms with Crippen LogP contribution in [0.25, 0.3) is 0 Å². The van der Waals surface area contributed by atoms with Gasteiger partial charge in [-0.15, -0.1) is 0 Å². The van der Waals surface area contributed by atoms with Gasteiger partial charge in [0.1, 0.15) is 0 Å². The molecule has 114 valence electrons. The number of hydrogen-bond donors (Lipinski definition) is 2. The molecule has 0 aliphatic carbocycles. The van der Waals surface area contributed by atoms with Crippen LogP contribution in [0.3, 0.4) is 0 Å². The largest absolute Gasteiger partial charge is 0.481 e. The number of nitrogens with zero attached hydrogens (tertiary/aromatic N) is 1. The van der Waals surface area contributed by atoms with Gasteiger partial charge in [0.25, 0.3) is 0 Å². The van der Waals surface area contributed by atoms with Crippen molar-refractivity contribution in [1.82, 2.24) is 4.90 Å². The third-order valence-electron chi connectivity index (χ3n) is 3.57. The number of benzene rings is 1. The number of urea groups is 1. The standard InChI is InChI=1S/C14H16Cl2N2O3/c1-8-4-5-10(15)12(11(8)16)17-14(21)18-6-2-3-9(7-18)13(19)20/h4-5,9H,2-3,6-7H2,1H3,(H,17,21)(H,19,20). The van der Waals surface area contributed by atoms with Crippen molar-refractivity contribution < 1.29 is 14.7 Å². The van der Waals surface area contributed by atoms with E-state index in [1.54, 1.807) is 12.1 Å². The normalized spacial score (nSPS) is 18.4. The van der Waals surface area contributed by atoms with Gasteiger partial charge < -0.3 is 15.3 Å². The Morgan fingerprint density at radius 2 is 2.10 bits per heavy atom. The predicted octanol–water partition coefficient (Wildman–Crippen LogP) is 3.63. The molecule has 0 radical (unpaired) electrons. The molecule has 1 aromatic rings. The maximum absolute atomic E-state index is 12.3. The van der Waals surface area contributed by atoms with Gasteiger partial charge in [-0.1, -0.05) is 29.3 Å². The molecule has 1 aliphatic rings. The molecule has 0 spiro atoms. The number of carboxylic acid groups (broad SMARTS) is 1. The summed E-state index contributed by atoms with van der Waals surface area (Å²) in [6.07, 6.45) is 1.25. The molecule has 1 atom stereocenters. The first-order valence-electron chi connectivity index (χ1n) is 6.63. The van der Waals surface area contributed by atoms with Crippen molar-refractivity contribution >= 4 is 40.9 Å². The van der Waals surface area contributed by atoms with E-state index in [0.29, 0.717) is 35.1 Å². The number of likely N-dealkylation sites (tertiary alicyclic amines) is 1. The van der Waals surface area contributed by atoms with E-state index in [-0.39, 0.29) is 12.6 Å². The number of anilines is 1.